The molecule has 0 unspecified atom stereocenters. The Morgan fingerprint density at radius 1 is 0.933 bits per heavy atom. The molecule has 0 atom stereocenters. The van der Waals surface area contributed by atoms with Gasteiger partial charge >= 0.3 is 0 Å². The average Bonchev–Trinajstić information content (AvgIpc) is 3.05. The van der Waals surface area contributed by atoms with Crippen molar-refractivity contribution in [3.63, 3.8) is 0 Å². The zero-order chi connectivity index (χ0) is 21.1. The number of hydrogen-bond donors (Lipinski definition) is 1. The van der Waals surface area contributed by atoms with Crippen LogP contribution in [0.3, 0.4) is 0 Å². The number of para-hydroxylation sites is 1. The maximum atomic E-state index is 13.2. The van der Waals surface area contributed by atoms with E-state index in [-0.39, 0.29) is 11.4 Å². The van der Waals surface area contributed by atoms with Crippen LogP contribution in [0.2, 0.25) is 0 Å². The fourth-order valence-electron chi connectivity index (χ4n) is 3.21. The van der Waals surface area contributed by atoms with Crippen LogP contribution in [0.25, 0.3) is 5.69 Å². The minimum absolute atomic E-state index is 0.232. The van der Waals surface area contributed by atoms with E-state index < -0.39 is 0 Å². The predicted octanol–water partition coefficient (Wildman–Crippen LogP) is 5.55. The van der Waals surface area contributed by atoms with Crippen molar-refractivity contribution >= 4 is 11.4 Å². The van der Waals surface area contributed by atoms with E-state index in [1.807, 2.05) is 61.5 Å². The molecule has 0 aliphatic carbocycles. The van der Waals surface area contributed by atoms with E-state index in [0.717, 1.165) is 5.75 Å². The summed E-state index contributed by atoms with van der Waals surface area (Å²) in [6, 6.07) is 22.6. The van der Waals surface area contributed by atoms with Crippen molar-refractivity contribution in [1.82, 2.24) is 9.78 Å². The molecule has 0 spiro atoms. The smallest absolute Gasteiger partial charge is 0.280 e. The highest BCUT2D eigenvalue weighted by Crippen LogP contribution is 2.24. The molecule has 5 nitrogen and oxygen atoms in total. The first-order valence-electron chi connectivity index (χ1n) is 9.47. The Hall–Kier alpha value is -3.93. The number of H-pyrrole nitrogens is 1. The van der Waals surface area contributed by atoms with Crippen LogP contribution < -0.4 is 10.3 Å². The second-order valence-electron chi connectivity index (χ2n) is 6.84. The third-order valence-electron chi connectivity index (χ3n) is 4.63. The second-order valence-corrected chi connectivity index (χ2v) is 6.84. The SMILES string of the molecule is CC(=Nc1ccc(Oc2ccccc2)cc1)c1c(C)[nH]n(-c2ccc(F)cc2)c1=O. The van der Waals surface area contributed by atoms with E-state index in [2.05, 4.69) is 10.1 Å². The van der Waals surface area contributed by atoms with Gasteiger partial charge in [-0.25, -0.2) is 9.07 Å². The van der Waals surface area contributed by atoms with Crippen LogP contribution in [0.4, 0.5) is 10.1 Å². The fraction of sp³-hybridized carbons (Fsp3) is 0.0833. The molecule has 0 fully saturated rings. The molecule has 30 heavy (non-hydrogen) atoms. The van der Waals surface area contributed by atoms with Crippen LogP contribution >= 0.6 is 0 Å². The van der Waals surface area contributed by atoms with Gasteiger partial charge in [-0.1, -0.05) is 18.2 Å². The fourth-order valence-corrected chi connectivity index (χ4v) is 3.21. The van der Waals surface area contributed by atoms with Gasteiger partial charge in [0.2, 0.25) is 0 Å². The zero-order valence-electron chi connectivity index (χ0n) is 16.6. The number of aromatic nitrogens is 2. The summed E-state index contributed by atoms with van der Waals surface area (Å²) in [5.41, 5.74) is 2.81. The minimum atomic E-state index is -0.354. The van der Waals surface area contributed by atoms with Gasteiger partial charge in [-0.05, 0) is 74.5 Å². The lowest BCUT2D eigenvalue weighted by atomic mass is 10.1. The molecule has 0 saturated heterocycles. The Labute approximate surface area is 173 Å². The molecule has 0 saturated carbocycles. The first-order valence-corrected chi connectivity index (χ1v) is 9.47. The number of ether oxygens (including phenoxy) is 1. The first-order chi connectivity index (χ1) is 14.5. The number of hydrogen-bond acceptors (Lipinski definition) is 3. The van der Waals surface area contributed by atoms with Crippen LogP contribution in [0.15, 0.2) is 88.6 Å². The molecule has 0 aliphatic rings. The topological polar surface area (TPSA) is 59.4 Å². The second kappa shape index (κ2) is 8.21. The number of benzene rings is 3. The highest BCUT2D eigenvalue weighted by Gasteiger charge is 2.15. The van der Waals surface area contributed by atoms with Crippen molar-refractivity contribution in [2.45, 2.75) is 13.8 Å². The summed E-state index contributed by atoms with van der Waals surface area (Å²) in [7, 11) is 0. The van der Waals surface area contributed by atoms with E-state index in [1.54, 1.807) is 19.1 Å². The van der Waals surface area contributed by atoms with Crippen LogP contribution in [-0.4, -0.2) is 15.5 Å². The molecular weight excluding hydrogens is 381 g/mol. The highest BCUT2D eigenvalue weighted by atomic mass is 19.1. The molecule has 4 aromatic rings. The van der Waals surface area contributed by atoms with Gasteiger partial charge in [-0.15, -0.1) is 0 Å². The highest BCUT2D eigenvalue weighted by molar-refractivity contribution is 6.01. The lowest BCUT2D eigenvalue weighted by molar-refractivity contribution is 0.483. The van der Waals surface area contributed by atoms with E-state index in [0.29, 0.717) is 34.1 Å². The van der Waals surface area contributed by atoms with Gasteiger partial charge in [-0.3, -0.25) is 14.9 Å². The maximum Gasteiger partial charge on any atom is 0.280 e. The van der Waals surface area contributed by atoms with Gasteiger partial charge in [0.25, 0.3) is 5.56 Å². The Balaban J connectivity index is 1.59. The van der Waals surface area contributed by atoms with Gasteiger partial charge in [0, 0.05) is 5.69 Å². The summed E-state index contributed by atoms with van der Waals surface area (Å²) >= 11 is 0. The predicted molar refractivity (Wildman–Crippen MR) is 116 cm³/mol. The van der Waals surface area contributed by atoms with Gasteiger partial charge in [0.15, 0.2) is 0 Å². The number of rotatable bonds is 5. The number of nitrogens with zero attached hydrogens (tertiary/aromatic N) is 2. The van der Waals surface area contributed by atoms with Crippen molar-refractivity contribution in [3.8, 4) is 17.2 Å². The van der Waals surface area contributed by atoms with Gasteiger partial charge in [-0.2, -0.15) is 0 Å². The molecule has 0 bridgehead atoms. The Morgan fingerprint density at radius 2 is 1.57 bits per heavy atom. The van der Waals surface area contributed by atoms with Crippen molar-refractivity contribution in [2.24, 2.45) is 4.99 Å². The molecule has 150 valence electrons. The molecule has 3 aromatic carbocycles. The zero-order valence-corrected chi connectivity index (χ0v) is 16.6. The summed E-state index contributed by atoms with van der Waals surface area (Å²) in [5.74, 6) is 1.11. The van der Waals surface area contributed by atoms with Crippen LogP contribution in [-0.2, 0) is 0 Å². The normalized spacial score (nSPS) is 11.5. The molecule has 4 rings (SSSR count). The molecule has 1 N–H and O–H groups in total. The Kier molecular flexibility index (Phi) is 5.30. The third kappa shape index (κ3) is 4.07. The lowest BCUT2D eigenvalue weighted by Crippen LogP contribution is -2.19. The van der Waals surface area contributed by atoms with E-state index >= 15 is 0 Å². The molecule has 1 aromatic heterocycles. The van der Waals surface area contributed by atoms with E-state index in [9.17, 15) is 9.18 Å². The summed E-state index contributed by atoms with van der Waals surface area (Å²) in [4.78, 5) is 17.5. The number of aromatic amines is 1. The quantitative estimate of drug-likeness (QED) is 0.446. The van der Waals surface area contributed by atoms with Crippen LogP contribution in [0, 0.1) is 12.7 Å². The summed E-state index contributed by atoms with van der Waals surface area (Å²) in [6.45, 7) is 3.60. The summed E-state index contributed by atoms with van der Waals surface area (Å²) in [5, 5.41) is 3.03. The Morgan fingerprint density at radius 3 is 2.23 bits per heavy atom. The van der Waals surface area contributed by atoms with Crippen LogP contribution in [0.5, 0.6) is 11.5 Å². The summed E-state index contributed by atoms with van der Waals surface area (Å²) < 4.78 is 20.4. The number of aliphatic imine (C=N–C) groups is 1. The first kappa shape index (κ1) is 19.4. The van der Waals surface area contributed by atoms with Gasteiger partial charge in [0.1, 0.15) is 17.3 Å². The molecule has 1 heterocycles. The summed E-state index contributed by atoms with van der Waals surface area (Å²) in [6.07, 6.45) is 0. The van der Waals surface area contributed by atoms with Crippen molar-refractivity contribution in [2.75, 3.05) is 0 Å². The molecule has 0 aliphatic heterocycles. The van der Waals surface area contributed by atoms with E-state index in [1.165, 1.54) is 16.8 Å². The van der Waals surface area contributed by atoms with Gasteiger partial charge < -0.3 is 4.74 Å². The van der Waals surface area contributed by atoms with Crippen molar-refractivity contribution in [3.05, 3.63) is 106 Å². The molecule has 0 amide bonds. The standard InChI is InChI=1S/C24H20FN3O2/c1-16(23-17(2)27-28(24(23)29)20-12-8-18(25)9-13-20)26-19-10-14-22(15-11-19)30-21-6-4-3-5-7-21/h3-15,27H,1-2H3. The van der Waals surface area contributed by atoms with Crippen LogP contribution in [0.1, 0.15) is 18.2 Å². The molecule has 0 radical (unpaired) electrons. The number of nitrogens with one attached hydrogen (secondary N) is 1. The molecule has 6 heteroatoms. The monoisotopic (exact) mass is 401 g/mol. The maximum absolute atomic E-state index is 13.2. The van der Waals surface area contributed by atoms with E-state index in [4.69, 9.17) is 4.74 Å². The van der Waals surface area contributed by atoms with Gasteiger partial charge in [0.05, 0.1) is 22.6 Å². The van der Waals surface area contributed by atoms with Crippen molar-refractivity contribution < 1.29 is 9.13 Å². The molecular formula is C24H20FN3O2. The van der Waals surface area contributed by atoms with Crippen molar-refractivity contribution in [1.29, 1.82) is 0 Å². The Bertz CT molecular complexity index is 1240. The number of aryl methyl sites for hydroxylation is 1. The largest absolute Gasteiger partial charge is 0.457 e. The number of halogens is 1. The average molecular weight is 401 g/mol. The third-order valence-corrected chi connectivity index (χ3v) is 4.63. The lowest BCUT2D eigenvalue weighted by Gasteiger charge is -2.05. The minimum Gasteiger partial charge on any atom is -0.457 e.